The molecular weight excluding hydrogens is 244 g/mol. The highest BCUT2D eigenvalue weighted by Crippen LogP contribution is 2.27. The molecule has 1 aliphatic rings. The van der Waals surface area contributed by atoms with Gasteiger partial charge < -0.3 is 14.7 Å². The number of carbonyl (C=O) groups is 1. The Hall–Kier alpha value is -1.62. The Bertz CT molecular complexity index is 460. The SMILES string of the molecule is COCC1CCCN(c2cc(C)ncc2C(=O)O)C1. The van der Waals surface area contributed by atoms with Crippen molar-refractivity contribution in [2.45, 2.75) is 19.8 Å². The molecule has 104 valence electrons. The molecule has 1 aliphatic heterocycles. The summed E-state index contributed by atoms with van der Waals surface area (Å²) in [5.41, 5.74) is 1.90. The topological polar surface area (TPSA) is 62.7 Å². The molecule has 1 saturated heterocycles. The van der Waals surface area contributed by atoms with E-state index in [1.165, 1.54) is 6.20 Å². The third-order valence-electron chi connectivity index (χ3n) is 3.51. The van der Waals surface area contributed by atoms with E-state index in [9.17, 15) is 9.90 Å². The number of aromatic nitrogens is 1. The van der Waals surface area contributed by atoms with Crippen LogP contribution in [0.2, 0.25) is 0 Å². The van der Waals surface area contributed by atoms with Gasteiger partial charge in [-0.15, -0.1) is 0 Å². The minimum atomic E-state index is -0.920. The van der Waals surface area contributed by atoms with E-state index in [4.69, 9.17) is 4.74 Å². The predicted molar refractivity (Wildman–Crippen MR) is 72.7 cm³/mol. The molecule has 0 radical (unpaired) electrons. The Morgan fingerprint density at radius 1 is 1.63 bits per heavy atom. The van der Waals surface area contributed by atoms with Crippen LogP contribution in [0.25, 0.3) is 0 Å². The van der Waals surface area contributed by atoms with Crippen LogP contribution in [0.15, 0.2) is 12.3 Å². The minimum absolute atomic E-state index is 0.281. The molecule has 0 aromatic carbocycles. The molecule has 0 saturated carbocycles. The average molecular weight is 264 g/mol. The van der Waals surface area contributed by atoms with Gasteiger partial charge in [0.15, 0.2) is 0 Å². The largest absolute Gasteiger partial charge is 0.478 e. The summed E-state index contributed by atoms with van der Waals surface area (Å²) in [6, 6.07) is 1.86. The fourth-order valence-electron chi connectivity index (χ4n) is 2.63. The van der Waals surface area contributed by atoms with E-state index >= 15 is 0 Å². The standard InChI is InChI=1S/C14H20N2O3/c1-10-6-13(12(7-15-10)14(17)18)16-5-3-4-11(8-16)9-19-2/h6-7,11H,3-5,8-9H2,1-2H3,(H,17,18). The maximum Gasteiger partial charge on any atom is 0.339 e. The molecule has 5 nitrogen and oxygen atoms in total. The zero-order valence-corrected chi connectivity index (χ0v) is 11.4. The second-order valence-electron chi connectivity index (χ2n) is 5.06. The zero-order valence-electron chi connectivity index (χ0n) is 11.4. The number of anilines is 1. The molecule has 1 unspecified atom stereocenters. The van der Waals surface area contributed by atoms with Gasteiger partial charge in [0.2, 0.25) is 0 Å². The molecule has 1 atom stereocenters. The molecule has 1 N–H and O–H groups in total. The number of rotatable bonds is 4. The molecule has 5 heteroatoms. The molecule has 0 bridgehead atoms. The number of carboxylic acids is 1. The summed E-state index contributed by atoms with van der Waals surface area (Å²) in [5.74, 6) is -0.453. The van der Waals surface area contributed by atoms with Crippen molar-refractivity contribution in [2.75, 3.05) is 31.7 Å². The maximum absolute atomic E-state index is 11.3. The van der Waals surface area contributed by atoms with Crippen LogP contribution in [0.1, 0.15) is 28.9 Å². The summed E-state index contributed by atoms with van der Waals surface area (Å²) >= 11 is 0. The van der Waals surface area contributed by atoms with Crippen LogP contribution in [0, 0.1) is 12.8 Å². The maximum atomic E-state index is 11.3. The number of aryl methyl sites for hydroxylation is 1. The van der Waals surface area contributed by atoms with Crippen molar-refractivity contribution in [3.05, 3.63) is 23.5 Å². The average Bonchev–Trinajstić information content (AvgIpc) is 2.39. The van der Waals surface area contributed by atoms with Crippen molar-refractivity contribution >= 4 is 11.7 Å². The number of aromatic carboxylic acids is 1. The Balaban J connectivity index is 2.24. The Morgan fingerprint density at radius 2 is 2.42 bits per heavy atom. The summed E-state index contributed by atoms with van der Waals surface area (Å²) < 4.78 is 5.21. The van der Waals surface area contributed by atoms with Gasteiger partial charge in [0.25, 0.3) is 0 Å². The van der Waals surface area contributed by atoms with Gasteiger partial charge in [-0.1, -0.05) is 0 Å². The third kappa shape index (κ3) is 3.23. The first kappa shape index (κ1) is 13.8. The van der Waals surface area contributed by atoms with Crippen LogP contribution in [-0.2, 0) is 4.74 Å². The summed E-state index contributed by atoms with van der Waals surface area (Å²) in [6.07, 6.45) is 3.65. The summed E-state index contributed by atoms with van der Waals surface area (Å²) in [6.45, 7) is 4.34. The molecule has 0 amide bonds. The van der Waals surface area contributed by atoms with Crippen molar-refractivity contribution in [1.29, 1.82) is 0 Å². The van der Waals surface area contributed by atoms with Gasteiger partial charge in [-0.05, 0) is 31.7 Å². The third-order valence-corrected chi connectivity index (χ3v) is 3.51. The fraction of sp³-hybridized carbons (Fsp3) is 0.571. The second kappa shape index (κ2) is 6.02. The van der Waals surface area contributed by atoms with E-state index in [-0.39, 0.29) is 5.56 Å². The molecular formula is C14H20N2O3. The van der Waals surface area contributed by atoms with Crippen LogP contribution in [0.5, 0.6) is 0 Å². The number of pyridine rings is 1. The van der Waals surface area contributed by atoms with E-state index in [0.717, 1.165) is 43.9 Å². The van der Waals surface area contributed by atoms with Gasteiger partial charge >= 0.3 is 5.97 Å². The van der Waals surface area contributed by atoms with Crippen molar-refractivity contribution in [2.24, 2.45) is 5.92 Å². The highest BCUT2D eigenvalue weighted by molar-refractivity contribution is 5.94. The zero-order chi connectivity index (χ0) is 13.8. The number of methoxy groups -OCH3 is 1. The van der Waals surface area contributed by atoms with Crippen molar-refractivity contribution in [3.63, 3.8) is 0 Å². The lowest BCUT2D eigenvalue weighted by atomic mass is 9.98. The molecule has 2 rings (SSSR count). The Labute approximate surface area is 113 Å². The molecule has 1 aromatic rings. The van der Waals surface area contributed by atoms with Crippen LogP contribution < -0.4 is 4.90 Å². The quantitative estimate of drug-likeness (QED) is 0.900. The number of hydrogen-bond acceptors (Lipinski definition) is 4. The lowest BCUT2D eigenvalue weighted by Gasteiger charge is -2.34. The fourth-order valence-corrected chi connectivity index (χ4v) is 2.63. The Kier molecular flexibility index (Phi) is 4.37. The van der Waals surface area contributed by atoms with Crippen LogP contribution in [0.3, 0.4) is 0 Å². The van der Waals surface area contributed by atoms with Crippen molar-refractivity contribution in [1.82, 2.24) is 4.98 Å². The number of hydrogen-bond donors (Lipinski definition) is 1. The number of carboxylic acid groups (broad SMARTS) is 1. The number of piperidine rings is 1. The van der Waals surface area contributed by atoms with Gasteiger partial charge in [-0.25, -0.2) is 4.79 Å². The smallest absolute Gasteiger partial charge is 0.339 e. The van der Waals surface area contributed by atoms with Gasteiger partial charge in [0.1, 0.15) is 5.56 Å². The number of nitrogens with zero attached hydrogens (tertiary/aromatic N) is 2. The first-order chi connectivity index (χ1) is 9.11. The van der Waals surface area contributed by atoms with Gasteiger partial charge in [0.05, 0.1) is 12.3 Å². The summed E-state index contributed by atoms with van der Waals surface area (Å²) in [4.78, 5) is 17.5. The molecule has 0 spiro atoms. The van der Waals surface area contributed by atoms with Crippen LogP contribution in [-0.4, -0.2) is 42.9 Å². The Morgan fingerprint density at radius 3 is 3.11 bits per heavy atom. The molecule has 19 heavy (non-hydrogen) atoms. The van der Waals surface area contributed by atoms with Crippen molar-refractivity contribution < 1.29 is 14.6 Å². The first-order valence-electron chi connectivity index (χ1n) is 6.55. The van der Waals surface area contributed by atoms with Gasteiger partial charge in [-0.2, -0.15) is 0 Å². The van der Waals surface area contributed by atoms with E-state index in [2.05, 4.69) is 9.88 Å². The molecule has 1 fully saturated rings. The lowest BCUT2D eigenvalue weighted by molar-refractivity contribution is 0.0697. The molecule has 0 aliphatic carbocycles. The minimum Gasteiger partial charge on any atom is -0.478 e. The van der Waals surface area contributed by atoms with Gasteiger partial charge in [0, 0.05) is 32.1 Å². The monoisotopic (exact) mass is 264 g/mol. The second-order valence-corrected chi connectivity index (χ2v) is 5.06. The van der Waals surface area contributed by atoms with E-state index in [1.807, 2.05) is 13.0 Å². The molecule has 2 heterocycles. The first-order valence-corrected chi connectivity index (χ1v) is 6.55. The predicted octanol–water partition coefficient (Wildman–Crippen LogP) is 1.95. The summed E-state index contributed by atoms with van der Waals surface area (Å²) in [7, 11) is 1.71. The lowest BCUT2D eigenvalue weighted by Crippen LogP contribution is -2.38. The summed E-state index contributed by atoms with van der Waals surface area (Å²) in [5, 5.41) is 9.27. The normalized spacial score (nSPS) is 19.5. The van der Waals surface area contributed by atoms with Gasteiger partial charge in [-0.3, -0.25) is 4.98 Å². The number of ether oxygens (including phenoxy) is 1. The highest BCUT2D eigenvalue weighted by Gasteiger charge is 2.23. The van der Waals surface area contributed by atoms with Crippen LogP contribution in [0.4, 0.5) is 5.69 Å². The molecule has 1 aromatic heterocycles. The van der Waals surface area contributed by atoms with E-state index < -0.39 is 5.97 Å². The van der Waals surface area contributed by atoms with Crippen molar-refractivity contribution in [3.8, 4) is 0 Å². The van der Waals surface area contributed by atoms with E-state index in [1.54, 1.807) is 7.11 Å². The van der Waals surface area contributed by atoms with Crippen LogP contribution >= 0.6 is 0 Å². The van der Waals surface area contributed by atoms with E-state index in [0.29, 0.717) is 5.92 Å². The highest BCUT2D eigenvalue weighted by atomic mass is 16.5.